The molecule has 23 heavy (non-hydrogen) atoms. The van der Waals surface area contributed by atoms with Crippen molar-refractivity contribution in [2.75, 3.05) is 19.6 Å². The highest BCUT2D eigenvalue weighted by atomic mass is 16.3. The van der Waals surface area contributed by atoms with Gasteiger partial charge < -0.3 is 15.7 Å². The Labute approximate surface area is 137 Å². The Bertz CT molecular complexity index is 536. The van der Waals surface area contributed by atoms with Crippen LogP contribution in [-0.2, 0) is 4.79 Å². The zero-order chi connectivity index (χ0) is 16.9. The zero-order valence-electron chi connectivity index (χ0n) is 13.7. The predicted molar refractivity (Wildman–Crippen MR) is 89.0 cm³/mol. The van der Waals surface area contributed by atoms with E-state index in [0.29, 0.717) is 19.3 Å². The van der Waals surface area contributed by atoms with E-state index in [1.54, 1.807) is 6.92 Å². The molecule has 0 aromatic heterocycles. The second-order valence-electron chi connectivity index (χ2n) is 6.46. The number of aliphatic hydroxyl groups is 1. The minimum Gasteiger partial charge on any atom is -0.389 e. The van der Waals surface area contributed by atoms with Crippen molar-refractivity contribution in [1.82, 2.24) is 4.90 Å². The first-order valence-electron chi connectivity index (χ1n) is 8.25. The van der Waals surface area contributed by atoms with Gasteiger partial charge in [0.2, 0.25) is 5.91 Å². The molecule has 1 heterocycles. The molecular weight excluding hydrogens is 292 g/mol. The number of carbonyl (C=O) groups is 2. The first-order valence-corrected chi connectivity index (χ1v) is 8.25. The molecule has 5 heteroatoms. The van der Waals surface area contributed by atoms with E-state index in [0.717, 1.165) is 31.6 Å². The van der Waals surface area contributed by atoms with Crippen molar-refractivity contribution in [3.8, 4) is 0 Å². The molecular formula is C18H26N2O3. The van der Waals surface area contributed by atoms with E-state index in [2.05, 4.69) is 4.90 Å². The van der Waals surface area contributed by atoms with Crippen LogP contribution in [0.2, 0.25) is 0 Å². The SMILES string of the molecule is CC(C(N)=O)C1(O)CCN(CCCC(=O)c2ccccc2)CC1. The summed E-state index contributed by atoms with van der Waals surface area (Å²) in [6, 6.07) is 9.33. The maximum absolute atomic E-state index is 12.0. The van der Waals surface area contributed by atoms with Gasteiger partial charge in [0.25, 0.3) is 0 Å². The van der Waals surface area contributed by atoms with Crippen molar-refractivity contribution in [1.29, 1.82) is 0 Å². The molecule has 1 aliphatic rings. The fourth-order valence-corrected chi connectivity index (χ4v) is 3.09. The predicted octanol–water partition coefficient (Wildman–Crippen LogP) is 1.60. The van der Waals surface area contributed by atoms with Crippen LogP contribution in [0, 0.1) is 5.92 Å². The van der Waals surface area contributed by atoms with Crippen LogP contribution < -0.4 is 5.73 Å². The van der Waals surface area contributed by atoms with Gasteiger partial charge in [0.1, 0.15) is 0 Å². The summed E-state index contributed by atoms with van der Waals surface area (Å²) in [7, 11) is 0. The number of benzene rings is 1. The van der Waals surface area contributed by atoms with Crippen LogP contribution in [0.5, 0.6) is 0 Å². The summed E-state index contributed by atoms with van der Waals surface area (Å²) in [6.07, 6.45) is 2.42. The summed E-state index contributed by atoms with van der Waals surface area (Å²) in [5.74, 6) is -0.805. The number of hydrogen-bond donors (Lipinski definition) is 2. The van der Waals surface area contributed by atoms with Crippen molar-refractivity contribution in [2.24, 2.45) is 11.7 Å². The molecule has 1 aromatic carbocycles. The molecule has 1 atom stereocenters. The van der Waals surface area contributed by atoms with Crippen LogP contribution >= 0.6 is 0 Å². The van der Waals surface area contributed by atoms with Gasteiger partial charge in [0.15, 0.2) is 5.78 Å². The van der Waals surface area contributed by atoms with Gasteiger partial charge in [-0.2, -0.15) is 0 Å². The lowest BCUT2D eigenvalue weighted by Crippen LogP contribution is -2.51. The van der Waals surface area contributed by atoms with E-state index < -0.39 is 17.4 Å². The standard InChI is InChI=1S/C18H26N2O3/c1-14(17(19)22)18(23)9-12-20(13-10-18)11-5-8-16(21)15-6-3-2-4-7-15/h2-4,6-7,14,23H,5,8-13H2,1H3,(H2,19,22). The smallest absolute Gasteiger partial charge is 0.223 e. The quantitative estimate of drug-likeness (QED) is 0.748. The highest BCUT2D eigenvalue weighted by Crippen LogP contribution is 2.29. The number of piperidine rings is 1. The Morgan fingerprint density at radius 3 is 2.43 bits per heavy atom. The van der Waals surface area contributed by atoms with Crippen molar-refractivity contribution >= 4 is 11.7 Å². The number of Topliss-reactive ketones (excluding diaryl/α,β-unsaturated/α-hetero) is 1. The van der Waals surface area contributed by atoms with E-state index in [-0.39, 0.29) is 5.78 Å². The molecule has 1 aliphatic heterocycles. The van der Waals surface area contributed by atoms with Crippen LogP contribution in [0.4, 0.5) is 0 Å². The van der Waals surface area contributed by atoms with Gasteiger partial charge in [-0.15, -0.1) is 0 Å². The van der Waals surface area contributed by atoms with Gasteiger partial charge in [-0.05, 0) is 25.8 Å². The molecule has 5 nitrogen and oxygen atoms in total. The number of nitrogens with two attached hydrogens (primary N) is 1. The fraction of sp³-hybridized carbons (Fsp3) is 0.556. The minimum atomic E-state index is -0.984. The number of primary amides is 1. The molecule has 3 N–H and O–H groups in total. The number of nitrogens with zero attached hydrogens (tertiary/aromatic N) is 1. The van der Waals surface area contributed by atoms with Gasteiger partial charge in [-0.3, -0.25) is 9.59 Å². The van der Waals surface area contributed by atoms with E-state index in [1.807, 2.05) is 30.3 Å². The fourth-order valence-electron chi connectivity index (χ4n) is 3.09. The number of likely N-dealkylation sites (tertiary alicyclic amines) is 1. The van der Waals surface area contributed by atoms with Crippen LogP contribution in [0.3, 0.4) is 0 Å². The first-order chi connectivity index (χ1) is 10.9. The molecule has 1 amide bonds. The third-order valence-electron chi connectivity index (χ3n) is 4.93. The number of hydrogen-bond acceptors (Lipinski definition) is 4. The number of ketones is 1. The topological polar surface area (TPSA) is 83.6 Å². The summed E-state index contributed by atoms with van der Waals surface area (Å²) in [5, 5.41) is 10.5. The minimum absolute atomic E-state index is 0.168. The highest BCUT2D eigenvalue weighted by molar-refractivity contribution is 5.95. The summed E-state index contributed by atoms with van der Waals surface area (Å²) < 4.78 is 0. The summed E-state index contributed by atoms with van der Waals surface area (Å²) in [6.45, 7) is 3.98. The van der Waals surface area contributed by atoms with Gasteiger partial charge >= 0.3 is 0 Å². The lowest BCUT2D eigenvalue weighted by molar-refractivity contribution is -0.134. The van der Waals surface area contributed by atoms with Crippen molar-refractivity contribution < 1.29 is 14.7 Å². The highest BCUT2D eigenvalue weighted by Gasteiger charge is 2.39. The summed E-state index contributed by atoms with van der Waals surface area (Å²) in [4.78, 5) is 25.6. The average molecular weight is 318 g/mol. The Balaban J connectivity index is 1.73. The summed E-state index contributed by atoms with van der Waals surface area (Å²) >= 11 is 0. The molecule has 0 bridgehead atoms. The third kappa shape index (κ3) is 4.62. The Morgan fingerprint density at radius 1 is 1.26 bits per heavy atom. The Kier molecular flexibility index (Phi) is 5.91. The van der Waals surface area contributed by atoms with Crippen LogP contribution in [-0.4, -0.2) is 46.9 Å². The van der Waals surface area contributed by atoms with Crippen molar-refractivity contribution in [2.45, 2.75) is 38.2 Å². The number of amides is 1. The van der Waals surface area contributed by atoms with Crippen LogP contribution in [0.15, 0.2) is 30.3 Å². The van der Waals surface area contributed by atoms with E-state index >= 15 is 0 Å². The van der Waals surface area contributed by atoms with Gasteiger partial charge in [0.05, 0.1) is 11.5 Å². The molecule has 1 saturated heterocycles. The zero-order valence-corrected chi connectivity index (χ0v) is 13.7. The molecule has 2 rings (SSSR count). The first kappa shape index (κ1) is 17.6. The third-order valence-corrected chi connectivity index (χ3v) is 4.93. The molecule has 0 saturated carbocycles. The van der Waals surface area contributed by atoms with Crippen molar-refractivity contribution in [3.63, 3.8) is 0 Å². The normalized spacial score (nSPS) is 19.2. The van der Waals surface area contributed by atoms with Gasteiger partial charge in [0, 0.05) is 25.1 Å². The molecule has 0 spiro atoms. The molecule has 1 aromatic rings. The van der Waals surface area contributed by atoms with Crippen molar-refractivity contribution in [3.05, 3.63) is 35.9 Å². The van der Waals surface area contributed by atoms with E-state index in [4.69, 9.17) is 5.73 Å². The van der Waals surface area contributed by atoms with E-state index in [9.17, 15) is 14.7 Å². The van der Waals surface area contributed by atoms with Gasteiger partial charge in [-0.1, -0.05) is 37.3 Å². The molecule has 1 fully saturated rings. The van der Waals surface area contributed by atoms with Crippen LogP contribution in [0.1, 0.15) is 43.0 Å². The Morgan fingerprint density at radius 2 is 1.87 bits per heavy atom. The van der Waals surface area contributed by atoms with E-state index in [1.165, 1.54) is 0 Å². The van der Waals surface area contributed by atoms with Gasteiger partial charge in [-0.25, -0.2) is 0 Å². The second-order valence-corrected chi connectivity index (χ2v) is 6.46. The monoisotopic (exact) mass is 318 g/mol. The lowest BCUT2D eigenvalue weighted by Gasteiger charge is -2.40. The maximum Gasteiger partial charge on any atom is 0.223 e. The molecule has 0 aliphatic carbocycles. The van der Waals surface area contributed by atoms with Crippen LogP contribution in [0.25, 0.3) is 0 Å². The summed E-state index contributed by atoms with van der Waals surface area (Å²) in [5.41, 5.74) is 5.08. The maximum atomic E-state index is 12.0. The average Bonchev–Trinajstić information content (AvgIpc) is 2.56. The largest absolute Gasteiger partial charge is 0.389 e. The Hall–Kier alpha value is -1.72. The second kappa shape index (κ2) is 7.70. The molecule has 126 valence electrons. The molecule has 1 unspecified atom stereocenters. The number of carbonyl (C=O) groups excluding carboxylic acids is 2. The lowest BCUT2D eigenvalue weighted by atomic mass is 9.80. The molecule has 0 radical (unpaired) electrons. The number of rotatable bonds is 7.